The van der Waals surface area contributed by atoms with E-state index >= 15 is 0 Å². The van der Waals surface area contributed by atoms with E-state index in [1.54, 1.807) is 6.33 Å². The number of piperidine rings is 1. The van der Waals surface area contributed by atoms with Gasteiger partial charge in [-0.1, -0.05) is 13.3 Å². The molecular weight excluding hydrogens is 266 g/mol. The standard InChI is InChI=1S/C16H23N3O2/c1-2-3-12-9-15(18-10-17-12)19-13-4-5-14(19)7-11(6-13)8-16(20)21/h9-11,13-14H,2-8H2,1H3,(H,20,21). The van der Waals surface area contributed by atoms with E-state index in [1.165, 1.54) is 0 Å². The van der Waals surface area contributed by atoms with Crippen molar-refractivity contribution in [3.05, 3.63) is 18.1 Å². The predicted octanol–water partition coefficient (Wildman–Crippen LogP) is 2.65. The van der Waals surface area contributed by atoms with Crippen LogP contribution in [0.25, 0.3) is 0 Å². The average Bonchev–Trinajstić information content (AvgIpc) is 2.71. The van der Waals surface area contributed by atoms with Crippen molar-refractivity contribution in [3.8, 4) is 0 Å². The molecule has 2 aliphatic heterocycles. The average molecular weight is 289 g/mol. The van der Waals surface area contributed by atoms with Gasteiger partial charge in [0.25, 0.3) is 0 Å². The number of fused-ring (bicyclic) bond motifs is 2. The Balaban J connectivity index is 1.75. The van der Waals surface area contributed by atoms with Crippen molar-refractivity contribution < 1.29 is 9.90 Å². The van der Waals surface area contributed by atoms with Crippen LogP contribution in [-0.2, 0) is 11.2 Å². The Morgan fingerprint density at radius 3 is 2.67 bits per heavy atom. The number of aliphatic carboxylic acids is 1. The monoisotopic (exact) mass is 289 g/mol. The first kappa shape index (κ1) is 14.3. The summed E-state index contributed by atoms with van der Waals surface area (Å²) >= 11 is 0. The van der Waals surface area contributed by atoms with Gasteiger partial charge in [0.05, 0.1) is 0 Å². The lowest BCUT2D eigenvalue weighted by Gasteiger charge is -2.39. The summed E-state index contributed by atoms with van der Waals surface area (Å²) in [6.45, 7) is 2.16. The summed E-state index contributed by atoms with van der Waals surface area (Å²) < 4.78 is 0. The molecule has 3 rings (SSSR count). The van der Waals surface area contributed by atoms with E-state index in [9.17, 15) is 4.79 Å². The summed E-state index contributed by atoms with van der Waals surface area (Å²) in [6.07, 6.45) is 8.34. The van der Waals surface area contributed by atoms with Crippen molar-refractivity contribution >= 4 is 11.8 Å². The van der Waals surface area contributed by atoms with Crippen LogP contribution in [0.3, 0.4) is 0 Å². The fourth-order valence-electron chi connectivity index (χ4n) is 4.00. The number of nitrogens with zero attached hydrogens (tertiary/aromatic N) is 3. The third-order valence-electron chi connectivity index (χ3n) is 4.77. The van der Waals surface area contributed by atoms with E-state index in [-0.39, 0.29) is 0 Å². The topological polar surface area (TPSA) is 66.3 Å². The van der Waals surface area contributed by atoms with Gasteiger partial charge < -0.3 is 10.0 Å². The molecule has 0 aromatic carbocycles. The molecule has 114 valence electrons. The maximum Gasteiger partial charge on any atom is 0.303 e. The van der Waals surface area contributed by atoms with Crippen LogP contribution in [-0.4, -0.2) is 33.1 Å². The Morgan fingerprint density at radius 1 is 1.33 bits per heavy atom. The van der Waals surface area contributed by atoms with E-state index in [0.29, 0.717) is 24.4 Å². The highest BCUT2D eigenvalue weighted by atomic mass is 16.4. The van der Waals surface area contributed by atoms with Gasteiger partial charge in [0.15, 0.2) is 0 Å². The maximum atomic E-state index is 10.9. The Bertz CT molecular complexity index is 506. The van der Waals surface area contributed by atoms with Gasteiger partial charge in [0.1, 0.15) is 12.1 Å². The SMILES string of the molecule is CCCc1cc(N2C3CCC2CC(CC(=O)O)C3)ncn1. The number of carboxylic acids is 1. The third kappa shape index (κ3) is 3.01. The minimum atomic E-state index is -0.667. The Kier molecular flexibility index (Phi) is 4.08. The third-order valence-corrected chi connectivity index (χ3v) is 4.77. The lowest BCUT2D eigenvalue weighted by Crippen LogP contribution is -2.44. The van der Waals surface area contributed by atoms with Gasteiger partial charge in [-0.25, -0.2) is 9.97 Å². The van der Waals surface area contributed by atoms with Crippen LogP contribution in [0.4, 0.5) is 5.82 Å². The Labute approximate surface area is 125 Å². The number of hydrogen-bond donors (Lipinski definition) is 1. The minimum Gasteiger partial charge on any atom is -0.481 e. The quantitative estimate of drug-likeness (QED) is 0.902. The molecular formula is C16H23N3O2. The molecule has 5 heteroatoms. The molecule has 0 saturated carbocycles. The number of rotatable bonds is 5. The molecule has 1 aromatic heterocycles. The zero-order valence-corrected chi connectivity index (χ0v) is 12.5. The van der Waals surface area contributed by atoms with E-state index in [0.717, 1.165) is 50.0 Å². The number of aryl methyl sites for hydroxylation is 1. The summed E-state index contributed by atoms with van der Waals surface area (Å²) in [6, 6.07) is 3.03. The second-order valence-electron chi connectivity index (χ2n) is 6.35. The predicted molar refractivity (Wildman–Crippen MR) is 80.3 cm³/mol. The van der Waals surface area contributed by atoms with Crippen molar-refractivity contribution in [1.82, 2.24) is 9.97 Å². The molecule has 2 fully saturated rings. The molecule has 0 amide bonds. The molecule has 2 unspecified atom stereocenters. The van der Waals surface area contributed by atoms with Crippen LogP contribution in [0.2, 0.25) is 0 Å². The van der Waals surface area contributed by atoms with Crippen LogP contribution in [0, 0.1) is 5.92 Å². The molecule has 0 spiro atoms. The van der Waals surface area contributed by atoms with Crippen LogP contribution >= 0.6 is 0 Å². The minimum absolute atomic E-state index is 0.311. The molecule has 2 atom stereocenters. The van der Waals surface area contributed by atoms with Gasteiger partial charge in [-0.3, -0.25) is 4.79 Å². The summed E-state index contributed by atoms with van der Waals surface area (Å²) in [5, 5.41) is 9.00. The molecule has 1 N–H and O–H groups in total. The molecule has 3 heterocycles. The van der Waals surface area contributed by atoms with Gasteiger partial charge in [-0.15, -0.1) is 0 Å². The van der Waals surface area contributed by atoms with E-state index in [4.69, 9.17) is 5.11 Å². The van der Waals surface area contributed by atoms with Crippen LogP contribution in [0.1, 0.15) is 51.1 Å². The summed E-state index contributed by atoms with van der Waals surface area (Å²) in [4.78, 5) is 22.2. The van der Waals surface area contributed by atoms with Gasteiger partial charge in [-0.05, 0) is 38.0 Å². The Hall–Kier alpha value is -1.65. The lowest BCUT2D eigenvalue weighted by atomic mass is 9.88. The second-order valence-corrected chi connectivity index (χ2v) is 6.35. The first-order valence-electron chi connectivity index (χ1n) is 7.98. The van der Waals surface area contributed by atoms with E-state index in [2.05, 4.69) is 27.9 Å². The van der Waals surface area contributed by atoms with Gasteiger partial charge >= 0.3 is 5.97 Å². The zero-order valence-electron chi connectivity index (χ0n) is 12.5. The number of hydrogen-bond acceptors (Lipinski definition) is 4. The molecule has 0 aliphatic carbocycles. The van der Waals surface area contributed by atoms with E-state index in [1.807, 2.05) is 0 Å². The number of anilines is 1. The van der Waals surface area contributed by atoms with Crippen molar-refractivity contribution in [1.29, 1.82) is 0 Å². The number of carboxylic acid groups (broad SMARTS) is 1. The molecule has 21 heavy (non-hydrogen) atoms. The molecule has 5 nitrogen and oxygen atoms in total. The van der Waals surface area contributed by atoms with Crippen LogP contribution in [0.15, 0.2) is 12.4 Å². The highest BCUT2D eigenvalue weighted by Gasteiger charge is 2.41. The maximum absolute atomic E-state index is 10.9. The van der Waals surface area contributed by atoms with Crippen molar-refractivity contribution in [3.63, 3.8) is 0 Å². The summed E-state index contributed by atoms with van der Waals surface area (Å²) in [7, 11) is 0. The number of aromatic nitrogens is 2. The van der Waals surface area contributed by atoms with Gasteiger partial charge in [-0.2, -0.15) is 0 Å². The lowest BCUT2D eigenvalue weighted by molar-refractivity contribution is -0.138. The molecule has 2 bridgehead atoms. The van der Waals surface area contributed by atoms with Gasteiger partial charge in [0.2, 0.25) is 0 Å². The fourth-order valence-corrected chi connectivity index (χ4v) is 4.00. The summed E-state index contributed by atoms with van der Waals surface area (Å²) in [5.74, 6) is 0.697. The summed E-state index contributed by atoms with van der Waals surface area (Å²) in [5.41, 5.74) is 1.11. The van der Waals surface area contributed by atoms with Crippen molar-refractivity contribution in [2.24, 2.45) is 5.92 Å². The smallest absolute Gasteiger partial charge is 0.303 e. The second kappa shape index (κ2) is 6.00. The van der Waals surface area contributed by atoms with E-state index < -0.39 is 5.97 Å². The van der Waals surface area contributed by atoms with Crippen LogP contribution < -0.4 is 4.90 Å². The molecule has 2 saturated heterocycles. The first-order chi connectivity index (χ1) is 10.2. The highest BCUT2D eigenvalue weighted by Crippen LogP contribution is 2.42. The van der Waals surface area contributed by atoms with Gasteiger partial charge in [0, 0.05) is 30.3 Å². The zero-order chi connectivity index (χ0) is 14.8. The fraction of sp³-hybridized carbons (Fsp3) is 0.688. The van der Waals surface area contributed by atoms with Crippen molar-refractivity contribution in [2.75, 3.05) is 4.90 Å². The normalized spacial score (nSPS) is 27.9. The highest BCUT2D eigenvalue weighted by molar-refractivity contribution is 5.67. The molecule has 2 aliphatic rings. The molecule has 0 radical (unpaired) electrons. The Morgan fingerprint density at radius 2 is 2.05 bits per heavy atom. The molecule has 1 aromatic rings. The van der Waals surface area contributed by atoms with Crippen molar-refractivity contribution in [2.45, 2.75) is 64.0 Å². The first-order valence-corrected chi connectivity index (χ1v) is 7.98. The number of carbonyl (C=O) groups is 1. The largest absolute Gasteiger partial charge is 0.481 e. The van der Waals surface area contributed by atoms with Crippen LogP contribution in [0.5, 0.6) is 0 Å².